The standard InChI is InChI=1S/C25H29NO3/c1-28-25-14-12-23(13-15-25)19-29-20-24(27)18-26(16-21-8-4-2-5-9-21)17-22-10-6-3-7-11-22/h2-15,24,27H,16-20H2,1H3/p+1/t24-/m1/s1. The number of ether oxygens (including phenoxy) is 2. The van der Waals surface area contributed by atoms with Crippen LogP contribution >= 0.6 is 0 Å². The average Bonchev–Trinajstić information content (AvgIpc) is 2.75. The molecule has 1 atom stereocenters. The SMILES string of the molecule is COc1ccc(COC[C@H](O)C[NH+](Cc2ccccc2)Cc2ccccc2)cc1. The van der Waals surface area contributed by atoms with Crippen LogP contribution in [0.4, 0.5) is 0 Å². The van der Waals surface area contributed by atoms with Crippen molar-refractivity contribution in [1.82, 2.24) is 0 Å². The fourth-order valence-electron chi connectivity index (χ4n) is 3.40. The molecule has 0 bridgehead atoms. The molecule has 0 saturated carbocycles. The van der Waals surface area contributed by atoms with Crippen molar-refractivity contribution in [3.05, 3.63) is 102 Å². The highest BCUT2D eigenvalue weighted by molar-refractivity contribution is 5.26. The van der Waals surface area contributed by atoms with Crippen molar-refractivity contribution in [2.75, 3.05) is 20.3 Å². The zero-order valence-corrected chi connectivity index (χ0v) is 17.0. The van der Waals surface area contributed by atoms with Gasteiger partial charge in [-0.25, -0.2) is 0 Å². The maximum absolute atomic E-state index is 10.6. The van der Waals surface area contributed by atoms with Crippen molar-refractivity contribution < 1.29 is 19.5 Å². The molecule has 0 aliphatic heterocycles. The summed E-state index contributed by atoms with van der Waals surface area (Å²) in [5.74, 6) is 0.829. The number of hydrogen-bond donors (Lipinski definition) is 2. The molecule has 0 fully saturated rings. The third kappa shape index (κ3) is 7.35. The molecule has 152 valence electrons. The lowest BCUT2D eigenvalue weighted by Gasteiger charge is -2.23. The van der Waals surface area contributed by atoms with Gasteiger partial charge >= 0.3 is 0 Å². The van der Waals surface area contributed by atoms with Gasteiger partial charge in [0.1, 0.15) is 31.5 Å². The van der Waals surface area contributed by atoms with Gasteiger partial charge in [0.15, 0.2) is 0 Å². The topological polar surface area (TPSA) is 43.1 Å². The van der Waals surface area contributed by atoms with Crippen molar-refractivity contribution in [1.29, 1.82) is 0 Å². The van der Waals surface area contributed by atoms with Crippen LogP contribution in [0.25, 0.3) is 0 Å². The van der Waals surface area contributed by atoms with Gasteiger partial charge < -0.3 is 19.5 Å². The lowest BCUT2D eigenvalue weighted by atomic mass is 10.1. The Labute approximate surface area is 173 Å². The predicted octanol–water partition coefficient (Wildman–Crippen LogP) is 2.86. The third-order valence-corrected chi connectivity index (χ3v) is 4.86. The fourth-order valence-corrected chi connectivity index (χ4v) is 3.40. The maximum Gasteiger partial charge on any atom is 0.126 e. The van der Waals surface area contributed by atoms with Gasteiger partial charge in [0.2, 0.25) is 0 Å². The maximum atomic E-state index is 10.6. The van der Waals surface area contributed by atoms with Gasteiger partial charge in [-0.05, 0) is 17.7 Å². The molecule has 4 nitrogen and oxygen atoms in total. The highest BCUT2D eigenvalue weighted by Crippen LogP contribution is 2.12. The quantitative estimate of drug-likeness (QED) is 0.527. The number of nitrogens with one attached hydrogen (secondary N) is 1. The molecule has 4 heteroatoms. The van der Waals surface area contributed by atoms with Crippen LogP contribution in [-0.4, -0.2) is 31.5 Å². The fraction of sp³-hybridized carbons (Fsp3) is 0.280. The Morgan fingerprint density at radius 2 is 1.31 bits per heavy atom. The number of aliphatic hydroxyl groups excluding tert-OH is 1. The highest BCUT2D eigenvalue weighted by atomic mass is 16.5. The van der Waals surface area contributed by atoms with Crippen LogP contribution in [0.1, 0.15) is 16.7 Å². The Kier molecular flexibility index (Phi) is 8.25. The minimum atomic E-state index is -0.518. The van der Waals surface area contributed by atoms with Crippen molar-refractivity contribution in [2.45, 2.75) is 25.8 Å². The van der Waals surface area contributed by atoms with E-state index in [1.54, 1.807) is 7.11 Å². The van der Waals surface area contributed by atoms with E-state index >= 15 is 0 Å². The largest absolute Gasteiger partial charge is 0.497 e. The Balaban J connectivity index is 1.52. The van der Waals surface area contributed by atoms with Gasteiger partial charge in [0.05, 0.1) is 20.3 Å². The lowest BCUT2D eigenvalue weighted by molar-refractivity contribution is -0.930. The van der Waals surface area contributed by atoms with Crippen molar-refractivity contribution in [3.63, 3.8) is 0 Å². The summed E-state index contributed by atoms with van der Waals surface area (Å²) in [6.45, 7) is 3.16. The van der Waals surface area contributed by atoms with Crippen molar-refractivity contribution in [3.8, 4) is 5.75 Å². The van der Waals surface area contributed by atoms with Crippen LogP contribution in [0.5, 0.6) is 5.75 Å². The second-order valence-corrected chi connectivity index (χ2v) is 7.30. The third-order valence-electron chi connectivity index (χ3n) is 4.86. The first-order valence-electron chi connectivity index (χ1n) is 10.0. The molecule has 0 aliphatic rings. The number of quaternary nitrogens is 1. The van der Waals surface area contributed by atoms with E-state index in [1.807, 2.05) is 36.4 Å². The molecule has 0 unspecified atom stereocenters. The molecule has 0 radical (unpaired) electrons. The molecule has 3 rings (SSSR count). The Morgan fingerprint density at radius 3 is 1.83 bits per heavy atom. The Morgan fingerprint density at radius 1 is 0.759 bits per heavy atom. The average molecular weight is 393 g/mol. The Bertz CT molecular complexity index is 780. The van der Waals surface area contributed by atoms with Gasteiger partial charge in [-0.3, -0.25) is 0 Å². The second kappa shape index (κ2) is 11.4. The monoisotopic (exact) mass is 392 g/mol. The normalized spacial score (nSPS) is 12.1. The second-order valence-electron chi connectivity index (χ2n) is 7.30. The van der Waals surface area contributed by atoms with Crippen molar-refractivity contribution >= 4 is 0 Å². The number of methoxy groups -OCH3 is 1. The molecule has 0 saturated heterocycles. The smallest absolute Gasteiger partial charge is 0.126 e. The number of benzene rings is 3. The molecule has 0 aromatic heterocycles. The van der Waals surface area contributed by atoms with Crippen molar-refractivity contribution in [2.24, 2.45) is 0 Å². The summed E-state index contributed by atoms with van der Waals surface area (Å²) in [6, 6.07) is 28.6. The van der Waals surface area contributed by atoms with Crippen LogP contribution < -0.4 is 9.64 Å². The van der Waals surface area contributed by atoms with Crippen LogP contribution in [0.3, 0.4) is 0 Å². The van der Waals surface area contributed by atoms with Gasteiger partial charge in [-0.2, -0.15) is 0 Å². The summed E-state index contributed by atoms with van der Waals surface area (Å²) >= 11 is 0. The molecular formula is C25H30NO3+. The van der Waals surface area contributed by atoms with Gasteiger partial charge in [0, 0.05) is 11.1 Å². The lowest BCUT2D eigenvalue weighted by Crippen LogP contribution is -3.10. The summed E-state index contributed by atoms with van der Waals surface area (Å²) in [7, 11) is 1.65. The number of hydrogen-bond acceptors (Lipinski definition) is 3. The predicted molar refractivity (Wildman–Crippen MR) is 115 cm³/mol. The highest BCUT2D eigenvalue weighted by Gasteiger charge is 2.17. The first kappa shape index (κ1) is 21.1. The minimum Gasteiger partial charge on any atom is -0.497 e. The molecule has 0 aliphatic carbocycles. The van der Waals surface area contributed by atoms with E-state index in [1.165, 1.54) is 16.0 Å². The molecule has 2 N–H and O–H groups in total. The van der Waals surface area contributed by atoms with Crippen LogP contribution in [0.15, 0.2) is 84.9 Å². The molecule has 0 amide bonds. The molecule has 0 spiro atoms. The van der Waals surface area contributed by atoms with E-state index in [9.17, 15) is 5.11 Å². The summed E-state index contributed by atoms with van der Waals surface area (Å²) in [6.07, 6.45) is -0.518. The first-order valence-corrected chi connectivity index (χ1v) is 10.0. The Hall–Kier alpha value is -2.66. The van der Waals surface area contributed by atoms with Gasteiger partial charge in [-0.15, -0.1) is 0 Å². The van der Waals surface area contributed by atoms with Crippen LogP contribution in [0.2, 0.25) is 0 Å². The zero-order chi connectivity index (χ0) is 20.3. The van der Waals surface area contributed by atoms with E-state index in [-0.39, 0.29) is 0 Å². The van der Waals surface area contributed by atoms with E-state index in [0.717, 1.165) is 24.4 Å². The molecule has 29 heavy (non-hydrogen) atoms. The number of aliphatic hydroxyl groups is 1. The van der Waals surface area contributed by atoms with E-state index in [4.69, 9.17) is 9.47 Å². The summed E-state index contributed by atoms with van der Waals surface area (Å²) in [4.78, 5) is 1.31. The zero-order valence-electron chi connectivity index (χ0n) is 17.0. The molecule has 3 aromatic rings. The van der Waals surface area contributed by atoms with Gasteiger partial charge in [0.25, 0.3) is 0 Å². The summed E-state index contributed by atoms with van der Waals surface area (Å²) < 4.78 is 10.9. The van der Waals surface area contributed by atoms with Gasteiger partial charge in [-0.1, -0.05) is 72.8 Å². The van der Waals surface area contributed by atoms with E-state index in [0.29, 0.717) is 19.8 Å². The first-order chi connectivity index (χ1) is 14.2. The summed E-state index contributed by atoms with van der Waals surface area (Å²) in [5, 5.41) is 10.6. The summed E-state index contributed by atoms with van der Waals surface area (Å²) in [5.41, 5.74) is 3.60. The van der Waals surface area contributed by atoms with E-state index < -0.39 is 6.10 Å². The molecule has 0 heterocycles. The van der Waals surface area contributed by atoms with Crippen LogP contribution in [-0.2, 0) is 24.4 Å². The van der Waals surface area contributed by atoms with E-state index in [2.05, 4.69) is 48.5 Å². The number of rotatable bonds is 11. The molecule has 3 aromatic carbocycles. The van der Waals surface area contributed by atoms with Crippen LogP contribution in [0, 0.1) is 0 Å². The minimum absolute atomic E-state index is 0.319. The molecular weight excluding hydrogens is 362 g/mol.